The van der Waals surface area contributed by atoms with E-state index in [2.05, 4.69) is 4.98 Å². The zero-order chi connectivity index (χ0) is 9.84. The van der Waals surface area contributed by atoms with Crippen molar-refractivity contribution in [2.45, 2.75) is 6.92 Å². The molecule has 0 spiro atoms. The van der Waals surface area contributed by atoms with Gasteiger partial charge >= 0.3 is 0 Å². The molecular weight excluding hydrogens is 168 g/mol. The second kappa shape index (κ2) is 3.89. The van der Waals surface area contributed by atoms with E-state index in [0.29, 0.717) is 6.54 Å². The van der Waals surface area contributed by atoms with Crippen LogP contribution in [0.15, 0.2) is 18.3 Å². The zero-order valence-electron chi connectivity index (χ0n) is 7.69. The highest BCUT2D eigenvalue weighted by Gasteiger charge is 2.14. The average molecular weight is 180 g/mol. The topological polar surface area (TPSA) is 53.4 Å². The molecule has 1 amide bonds. The van der Waals surface area contributed by atoms with Crippen molar-refractivity contribution in [1.29, 1.82) is 0 Å². The third kappa shape index (κ3) is 1.96. The van der Waals surface area contributed by atoms with Crippen molar-refractivity contribution in [1.82, 2.24) is 9.88 Å². The van der Waals surface area contributed by atoms with Crippen LogP contribution in [0.25, 0.3) is 0 Å². The van der Waals surface area contributed by atoms with Crippen LogP contribution in [0.5, 0.6) is 5.75 Å². The van der Waals surface area contributed by atoms with E-state index in [4.69, 9.17) is 0 Å². The van der Waals surface area contributed by atoms with Gasteiger partial charge in [0.05, 0.1) is 0 Å². The molecule has 0 aromatic carbocycles. The summed E-state index contributed by atoms with van der Waals surface area (Å²) in [5, 5.41) is 9.32. The van der Waals surface area contributed by atoms with Crippen LogP contribution < -0.4 is 0 Å². The van der Waals surface area contributed by atoms with E-state index in [1.807, 2.05) is 6.92 Å². The van der Waals surface area contributed by atoms with Crippen LogP contribution in [0.3, 0.4) is 0 Å². The Bertz CT molecular complexity index is 312. The van der Waals surface area contributed by atoms with Gasteiger partial charge in [0.15, 0.2) is 5.69 Å². The molecule has 1 heterocycles. The normalized spacial score (nSPS) is 9.69. The summed E-state index contributed by atoms with van der Waals surface area (Å²) in [7, 11) is 1.66. The number of amides is 1. The van der Waals surface area contributed by atoms with Gasteiger partial charge in [0.25, 0.3) is 5.91 Å². The van der Waals surface area contributed by atoms with Crippen molar-refractivity contribution >= 4 is 5.91 Å². The number of aromatic nitrogens is 1. The van der Waals surface area contributed by atoms with Crippen LogP contribution in [-0.2, 0) is 0 Å². The second-order valence-electron chi connectivity index (χ2n) is 2.69. The van der Waals surface area contributed by atoms with Crippen molar-refractivity contribution in [2.24, 2.45) is 0 Å². The molecule has 0 aliphatic carbocycles. The number of rotatable bonds is 2. The monoisotopic (exact) mass is 180 g/mol. The first kappa shape index (κ1) is 9.51. The van der Waals surface area contributed by atoms with Gasteiger partial charge in [0.1, 0.15) is 5.75 Å². The largest absolute Gasteiger partial charge is 0.505 e. The summed E-state index contributed by atoms with van der Waals surface area (Å²) < 4.78 is 0. The van der Waals surface area contributed by atoms with Gasteiger partial charge in [-0.15, -0.1) is 0 Å². The standard InChI is InChI=1S/C9H12N2O2/c1-3-11(2)9(13)8-7(12)5-4-6-10-8/h4-6,12H,3H2,1-2H3. The number of hydrogen-bond donors (Lipinski definition) is 1. The summed E-state index contributed by atoms with van der Waals surface area (Å²) in [6, 6.07) is 3.03. The molecule has 0 bridgehead atoms. The Morgan fingerprint density at radius 3 is 2.92 bits per heavy atom. The highest BCUT2D eigenvalue weighted by atomic mass is 16.3. The fraction of sp³-hybridized carbons (Fsp3) is 0.333. The van der Waals surface area contributed by atoms with E-state index in [1.54, 1.807) is 13.1 Å². The number of hydrogen-bond acceptors (Lipinski definition) is 3. The SMILES string of the molecule is CCN(C)C(=O)c1ncccc1O. The Balaban J connectivity index is 2.95. The molecular formula is C9H12N2O2. The third-order valence-corrected chi connectivity index (χ3v) is 1.81. The fourth-order valence-corrected chi connectivity index (χ4v) is 0.886. The van der Waals surface area contributed by atoms with Crippen LogP contribution in [0.1, 0.15) is 17.4 Å². The maximum Gasteiger partial charge on any atom is 0.276 e. The van der Waals surface area contributed by atoms with Gasteiger partial charge in [0, 0.05) is 19.8 Å². The van der Waals surface area contributed by atoms with Crippen molar-refractivity contribution in [3.63, 3.8) is 0 Å². The Labute approximate surface area is 76.8 Å². The number of carbonyl (C=O) groups is 1. The first-order valence-electron chi connectivity index (χ1n) is 4.06. The Kier molecular flexibility index (Phi) is 2.84. The first-order chi connectivity index (χ1) is 6.16. The first-order valence-corrected chi connectivity index (χ1v) is 4.06. The number of pyridine rings is 1. The van der Waals surface area contributed by atoms with Gasteiger partial charge in [0.2, 0.25) is 0 Å². The van der Waals surface area contributed by atoms with Gasteiger partial charge in [-0.3, -0.25) is 4.79 Å². The maximum absolute atomic E-state index is 11.5. The summed E-state index contributed by atoms with van der Waals surface area (Å²) >= 11 is 0. The molecule has 1 aromatic rings. The molecule has 0 unspecified atom stereocenters. The highest BCUT2D eigenvalue weighted by molar-refractivity contribution is 5.94. The molecule has 0 aliphatic rings. The molecule has 0 saturated heterocycles. The van der Waals surface area contributed by atoms with Gasteiger partial charge in [-0.25, -0.2) is 4.98 Å². The molecule has 0 saturated carbocycles. The van der Waals surface area contributed by atoms with Gasteiger partial charge in [-0.05, 0) is 19.1 Å². The molecule has 0 aliphatic heterocycles. The quantitative estimate of drug-likeness (QED) is 0.735. The minimum Gasteiger partial charge on any atom is -0.505 e. The summed E-state index contributed by atoms with van der Waals surface area (Å²) in [5.74, 6) is -0.339. The molecule has 13 heavy (non-hydrogen) atoms. The predicted molar refractivity (Wildman–Crippen MR) is 48.5 cm³/mol. The lowest BCUT2D eigenvalue weighted by Gasteiger charge is -2.13. The molecule has 4 heteroatoms. The van der Waals surface area contributed by atoms with Crippen LogP contribution in [0.2, 0.25) is 0 Å². The van der Waals surface area contributed by atoms with E-state index in [0.717, 1.165) is 0 Å². The van der Waals surface area contributed by atoms with Crippen molar-refractivity contribution in [2.75, 3.05) is 13.6 Å². The lowest BCUT2D eigenvalue weighted by atomic mass is 10.3. The molecule has 4 nitrogen and oxygen atoms in total. The second-order valence-corrected chi connectivity index (χ2v) is 2.69. The van der Waals surface area contributed by atoms with Gasteiger partial charge in [-0.1, -0.05) is 0 Å². The maximum atomic E-state index is 11.5. The van der Waals surface area contributed by atoms with Crippen LogP contribution in [0.4, 0.5) is 0 Å². The Hall–Kier alpha value is -1.58. The summed E-state index contributed by atoms with van der Waals surface area (Å²) in [6.45, 7) is 2.45. The number of carbonyl (C=O) groups excluding carboxylic acids is 1. The molecule has 70 valence electrons. The fourth-order valence-electron chi connectivity index (χ4n) is 0.886. The van der Waals surface area contributed by atoms with Crippen LogP contribution in [-0.4, -0.2) is 34.5 Å². The molecule has 1 aromatic heterocycles. The minimum atomic E-state index is -0.263. The Morgan fingerprint density at radius 2 is 2.38 bits per heavy atom. The molecule has 1 N–H and O–H groups in total. The molecule has 0 radical (unpaired) electrons. The van der Waals surface area contributed by atoms with E-state index in [1.165, 1.54) is 17.2 Å². The van der Waals surface area contributed by atoms with Crippen LogP contribution in [0, 0.1) is 0 Å². The van der Waals surface area contributed by atoms with Crippen molar-refractivity contribution < 1.29 is 9.90 Å². The van der Waals surface area contributed by atoms with E-state index < -0.39 is 0 Å². The number of aromatic hydroxyl groups is 1. The van der Waals surface area contributed by atoms with E-state index >= 15 is 0 Å². The summed E-state index contributed by atoms with van der Waals surface area (Å²) in [5.41, 5.74) is 0.104. The van der Waals surface area contributed by atoms with Crippen LogP contribution >= 0.6 is 0 Å². The minimum absolute atomic E-state index is 0.0761. The molecule has 0 atom stereocenters. The lowest BCUT2D eigenvalue weighted by molar-refractivity contribution is 0.0793. The van der Waals surface area contributed by atoms with Gasteiger partial charge in [-0.2, -0.15) is 0 Å². The number of nitrogens with zero attached hydrogens (tertiary/aromatic N) is 2. The van der Waals surface area contributed by atoms with E-state index in [-0.39, 0.29) is 17.4 Å². The predicted octanol–water partition coefficient (Wildman–Crippen LogP) is 0.879. The van der Waals surface area contributed by atoms with E-state index in [9.17, 15) is 9.90 Å². The van der Waals surface area contributed by atoms with Crippen molar-refractivity contribution in [3.8, 4) is 5.75 Å². The lowest BCUT2D eigenvalue weighted by Crippen LogP contribution is -2.27. The summed E-state index contributed by atoms with van der Waals surface area (Å²) in [4.78, 5) is 16.8. The highest BCUT2D eigenvalue weighted by Crippen LogP contribution is 2.13. The average Bonchev–Trinajstić information content (AvgIpc) is 2.16. The third-order valence-electron chi connectivity index (χ3n) is 1.81. The molecule has 0 fully saturated rings. The molecule has 1 rings (SSSR count). The Morgan fingerprint density at radius 1 is 1.69 bits per heavy atom. The smallest absolute Gasteiger partial charge is 0.276 e. The summed E-state index contributed by atoms with van der Waals surface area (Å²) in [6.07, 6.45) is 1.48. The van der Waals surface area contributed by atoms with Gasteiger partial charge < -0.3 is 10.0 Å². The van der Waals surface area contributed by atoms with Crippen molar-refractivity contribution in [3.05, 3.63) is 24.0 Å². The zero-order valence-corrected chi connectivity index (χ0v) is 7.69.